The Morgan fingerprint density at radius 1 is 1.14 bits per heavy atom. The van der Waals surface area contributed by atoms with Gasteiger partial charge in [-0.05, 0) is 44.9 Å². The molecular weight excluding hydrogens is 394 g/mol. The number of rotatable bonds is 6. The summed E-state index contributed by atoms with van der Waals surface area (Å²) in [5.41, 5.74) is 1.29. The molecule has 0 spiro atoms. The second kappa shape index (κ2) is 8.44. The number of aryl methyl sites for hydroxylation is 2. The molecular formula is C19H27N5O2S2. The molecule has 1 saturated heterocycles. The Morgan fingerprint density at radius 3 is 2.64 bits per heavy atom. The fourth-order valence-electron chi connectivity index (χ4n) is 3.62. The first-order valence-electron chi connectivity index (χ1n) is 9.88. The van der Waals surface area contributed by atoms with E-state index in [1.165, 1.54) is 41.0 Å². The molecule has 28 heavy (non-hydrogen) atoms. The van der Waals surface area contributed by atoms with Crippen LogP contribution in [0.1, 0.15) is 28.4 Å². The van der Waals surface area contributed by atoms with E-state index in [1.54, 1.807) is 16.4 Å². The molecule has 1 N–H and O–H groups in total. The molecule has 0 atom stereocenters. The van der Waals surface area contributed by atoms with Gasteiger partial charge in [0.2, 0.25) is 10.0 Å². The number of thiazole rings is 1. The average molecular weight is 422 g/mol. The summed E-state index contributed by atoms with van der Waals surface area (Å²) in [6.45, 7) is 3.30. The van der Waals surface area contributed by atoms with Gasteiger partial charge in [-0.2, -0.15) is 4.31 Å². The van der Waals surface area contributed by atoms with Crippen molar-refractivity contribution in [2.45, 2.75) is 37.0 Å². The van der Waals surface area contributed by atoms with Crippen LogP contribution in [0.3, 0.4) is 0 Å². The monoisotopic (exact) mass is 421 g/mol. The predicted molar refractivity (Wildman–Crippen MR) is 111 cm³/mol. The third kappa shape index (κ3) is 4.37. The van der Waals surface area contributed by atoms with Crippen molar-refractivity contribution >= 4 is 27.2 Å². The fourth-order valence-corrected chi connectivity index (χ4v) is 6.15. The van der Waals surface area contributed by atoms with Crippen LogP contribution in [0.4, 0.5) is 5.82 Å². The minimum atomic E-state index is -3.46. The molecule has 3 heterocycles. The highest BCUT2D eigenvalue weighted by atomic mass is 32.2. The van der Waals surface area contributed by atoms with E-state index >= 15 is 0 Å². The van der Waals surface area contributed by atoms with Crippen LogP contribution < -0.4 is 5.32 Å². The fraction of sp³-hybridized carbons (Fsp3) is 0.579. The van der Waals surface area contributed by atoms with Crippen LogP contribution in [-0.4, -0.2) is 67.4 Å². The Bertz CT molecular complexity index is 879. The van der Waals surface area contributed by atoms with Gasteiger partial charge in [0.05, 0.1) is 10.7 Å². The maximum atomic E-state index is 12.7. The standard InChI is InChI=1S/C19H27N5O2S2/c1-23-10-12-24(13-11-23)28(25,26)15-6-7-18(21-14-15)20-9-8-19-22-16-4-2-3-5-17(16)27-19/h6-7,14H,2-5,8-13H2,1H3,(H,20,21). The number of anilines is 1. The van der Waals surface area contributed by atoms with Crippen LogP contribution in [0.5, 0.6) is 0 Å². The van der Waals surface area contributed by atoms with Gasteiger partial charge in [-0.3, -0.25) is 0 Å². The molecule has 1 fully saturated rings. The predicted octanol–water partition coefficient (Wildman–Crippen LogP) is 2.01. The van der Waals surface area contributed by atoms with E-state index in [-0.39, 0.29) is 4.90 Å². The van der Waals surface area contributed by atoms with Crippen LogP contribution in [0, 0.1) is 0 Å². The molecule has 0 aromatic carbocycles. The molecule has 0 radical (unpaired) electrons. The molecule has 0 bridgehead atoms. The van der Waals surface area contributed by atoms with Crippen LogP contribution in [0.15, 0.2) is 23.2 Å². The van der Waals surface area contributed by atoms with Gasteiger partial charge in [-0.1, -0.05) is 0 Å². The highest BCUT2D eigenvalue weighted by molar-refractivity contribution is 7.89. The van der Waals surface area contributed by atoms with E-state index in [2.05, 4.69) is 15.2 Å². The average Bonchev–Trinajstić information content (AvgIpc) is 3.11. The topological polar surface area (TPSA) is 78.4 Å². The highest BCUT2D eigenvalue weighted by Crippen LogP contribution is 2.27. The molecule has 0 saturated carbocycles. The molecule has 7 nitrogen and oxygen atoms in total. The van der Waals surface area contributed by atoms with Crippen LogP contribution >= 0.6 is 11.3 Å². The zero-order chi connectivity index (χ0) is 19.6. The summed E-state index contributed by atoms with van der Waals surface area (Å²) in [6, 6.07) is 3.39. The second-order valence-electron chi connectivity index (χ2n) is 7.45. The highest BCUT2D eigenvalue weighted by Gasteiger charge is 2.27. The van der Waals surface area contributed by atoms with Crippen molar-refractivity contribution in [1.82, 2.24) is 19.2 Å². The normalized spacial score (nSPS) is 18.8. The van der Waals surface area contributed by atoms with Gasteiger partial charge in [0.25, 0.3) is 0 Å². The Labute approximate surface area is 170 Å². The first-order valence-corrected chi connectivity index (χ1v) is 12.1. The number of pyridine rings is 1. The van der Waals surface area contributed by atoms with Crippen LogP contribution in [-0.2, 0) is 29.3 Å². The second-order valence-corrected chi connectivity index (χ2v) is 10.6. The van der Waals surface area contributed by atoms with E-state index in [0.717, 1.165) is 32.5 Å². The number of nitrogens with zero attached hydrogens (tertiary/aromatic N) is 4. The smallest absolute Gasteiger partial charge is 0.244 e. The molecule has 2 aromatic heterocycles. The molecule has 4 rings (SSSR count). The van der Waals surface area contributed by atoms with Crippen LogP contribution in [0.25, 0.3) is 0 Å². The van der Waals surface area contributed by atoms with Crippen LogP contribution in [0.2, 0.25) is 0 Å². The number of likely N-dealkylation sites (N-methyl/N-ethyl adjacent to an activating group) is 1. The van der Waals surface area contributed by atoms with Crippen molar-refractivity contribution in [2.75, 3.05) is 45.1 Å². The molecule has 2 aliphatic rings. The summed E-state index contributed by atoms with van der Waals surface area (Å²) in [7, 11) is -1.45. The summed E-state index contributed by atoms with van der Waals surface area (Å²) >= 11 is 1.83. The van der Waals surface area contributed by atoms with E-state index in [1.807, 2.05) is 18.4 Å². The zero-order valence-corrected chi connectivity index (χ0v) is 17.9. The van der Waals surface area contributed by atoms with E-state index in [4.69, 9.17) is 4.98 Å². The van der Waals surface area contributed by atoms with Gasteiger partial charge >= 0.3 is 0 Å². The number of nitrogens with one attached hydrogen (secondary N) is 1. The first kappa shape index (κ1) is 19.8. The molecule has 9 heteroatoms. The van der Waals surface area contributed by atoms with Crippen molar-refractivity contribution in [1.29, 1.82) is 0 Å². The largest absolute Gasteiger partial charge is 0.370 e. The summed E-state index contributed by atoms with van der Waals surface area (Å²) < 4.78 is 27.0. The third-order valence-corrected chi connectivity index (χ3v) is 8.47. The van der Waals surface area contributed by atoms with Gasteiger partial charge in [-0.15, -0.1) is 11.3 Å². The number of fused-ring (bicyclic) bond motifs is 1. The van der Waals surface area contributed by atoms with Gasteiger partial charge < -0.3 is 10.2 Å². The number of hydrogen-bond acceptors (Lipinski definition) is 7. The lowest BCUT2D eigenvalue weighted by atomic mass is 10.0. The van der Waals surface area contributed by atoms with Gasteiger partial charge in [0, 0.05) is 50.2 Å². The minimum Gasteiger partial charge on any atom is -0.370 e. The summed E-state index contributed by atoms with van der Waals surface area (Å²) in [4.78, 5) is 12.9. The Balaban J connectivity index is 1.32. The van der Waals surface area contributed by atoms with E-state index < -0.39 is 10.0 Å². The first-order chi connectivity index (χ1) is 13.5. The number of piperazine rings is 1. The Kier molecular flexibility index (Phi) is 5.96. The van der Waals surface area contributed by atoms with Crippen molar-refractivity contribution in [2.24, 2.45) is 0 Å². The van der Waals surface area contributed by atoms with E-state index in [0.29, 0.717) is 18.9 Å². The SMILES string of the molecule is CN1CCN(S(=O)(=O)c2ccc(NCCc3nc4c(s3)CCCC4)nc2)CC1. The Hall–Kier alpha value is -1.55. The van der Waals surface area contributed by atoms with Crippen molar-refractivity contribution in [3.05, 3.63) is 33.9 Å². The molecule has 0 unspecified atom stereocenters. The van der Waals surface area contributed by atoms with Crippen molar-refractivity contribution in [3.8, 4) is 0 Å². The lowest BCUT2D eigenvalue weighted by Gasteiger charge is -2.31. The van der Waals surface area contributed by atoms with E-state index in [9.17, 15) is 8.42 Å². The summed E-state index contributed by atoms with van der Waals surface area (Å²) in [6.07, 6.45) is 7.13. The maximum absolute atomic E-state index is 12.7. The van der Waals surface area contributed by atoms with Gasteiger partial charge in [0.15, 0.2) is 0 Å². The summed E-state index contributed by atoms with van der Waals surface area (Å²) in [5, 5.41) is 4.45. The minimum absolute atomic E-state index is 0.259. The number of aromatic nitrogens is 2. The number of hydrogen-bond donors (Lipinski definition) is 1. The molecule has 152 valence electrons. The lowest BCUT2D eigenvalue weighted by molar-refractivity contribution is 0.222. The Morgan fingerprint density at radius 2 is 1.93 bits per heavy atom. The molecule has 1 aliphatic heterocycles. The molecule has 1 aliphatic carbocycles. The maximum Gasteiger partial charge on any atom is 0.244 e. The molecule has 2 aromatic rings. The third-order valence-electron chi connectivity index (χ3n) is 5.37. The molecule has 0 amide bonds. The number of sulfonamides is 1. The summed E-state index contributed by atoms with van der Waals surface area (Å²) in [5.74, 6) is 0.693. The zero-order valence-electron chi connectivity index (χ0n) is 16.2. The van der Waals surface area contributed by atoms with Gasteiger partial charge in [-0.25, -0.2) is 18.4 Å². The van der Waals surface area contributed by atoms with Crippen molar-refractivity contribution in [3.63, 3.8) is 0 Å². The van der Waals surface area contributed by atoms with Gasteiger partial charge in [0.1, 0.15) is 10.7 Å². The quantitative estimate of drug-likeness (QED) is 0.769. The van der Waals surface area contributed by atoms with Crippen molar-refractivity contribution < 1.29 is 8.42 Å². The lowest BCUT2D eigenvalue weighted by Crippen LogP contribution is -2.47.